The molecule has 0 aliphatic rings. The number of tetrazole rings is 1. The molecular weight excluding hydrogens is 402 g/mol. The van der Waals surface area contributed by atoms with Crippen molar-refractivity contribution in [3.05, 3.63) is 65.5 Å². The zero-order valence-electron chi connectivity index (χ0n) is 17.8. The molecule has 2 atom stereocenters. The van der Waals surface area contributed by atoms with E-state index in [4.69, 9.17) is 4.74 Å². The lowest BCUT2D eigenvalue weighted by molar-refractivity contribution is 0.104. The molecule has 0 spiro atoms. The molecule has 8 heteroatoms. The van der Waals surface area contributed by atoms with Crippen molar-refractivity contribution in [1.29, 1.82) is 0 Å². The molecule has 0 saturated carbocycles. The molecule has 2 unspecified atom stereocenters. The molecule has 0 bridgehead atoms. The van der Waals surface area contributed by atoms with Gasteiger partial charge in [0, 0.05) is 12.6 Å². The molecule has 1 aromatic heterocycles. The van der Waals surface area contributed by atoms with Crippen LogP contribution in [0.3, 0.4) is 0 Å². The predicted molar refractivity (Wildman–Crippen MR) is 120 cm³/mol. The number of aliphatic hydroxyl groups is 1. The van der Waals surface area contributed by atoms with Crippen molar-refractivity contribution in [3.63, 3.8) is 0 Å². The zero-order valence-corrected chi connectivity index (χ0v) is 18.6. The second-order valence-corrected chi connectivity index (χ2v) is 7.61. The lowest BCUT2D eigenvalue weighted by Crippen LogP contribution is -2.33. The van der Waals surface area contributed by atoms with Crippen LogP contribution in [0.1, 0.15) is 49.4 Å². The summed E-state index contributed by atoms with van der Waals surface area (Å²) < 4.78 is 7.38. The van der Waals surface area contributed by atoms with Gasteiger partial charge in [0.05, 0.1) is 5.69 Å². The summed E-state index contributed by atoms with van der Waals surface area (Å²) in [5, 5.41) is 24.8. The number of hydrogen-bond acceptors (Lipinski definition) is 6. The first kappa shape index (κ1) is 23.8. The third-order valence-corrected chi connectivity index (χ3v) is 4.97. The van der Waals surface area contributed by atoms with E-state index in [1.54, 1.807) is 11.0 Å². The summed E-state index contributed by atoms with van der Waals surface area (Å²) >= 11 is 0. The van der Waals surface area contributed by atoms with Crippen LogP contribution in [0.4, 0.5) is 0 Å². The van der Waals surface area contributed by atoms with Gasteiger partial charge >= 0.3 is 0 Å². The van der Waals surface area contributed by atoms with Gasteiger partial charge in [-0.15, -0.1) is 17.5 Å². The maximum absolute atomic E-state index is 10.3. The second-order valence-electron chi connectivity index (χ2n) is 7.61. The number of aryl methyl sites for hydroxylation is 1. The van der Waals surface area contributed by atoms with Crippen LogP contribution in [0.25, 0.3) is 5.69 Å². The van der Waals surface area contributed by atoms with E-state index in [9.17, 15) is 5.11 Å². The lowest BCUT2D eigenvalue weighted by Gasteiger charge is -2.19. The van der Waals surface area contributed by atoms with Gasteiger partial charge in [-0.1, -0.05) is 32.0 Å². The molecule has 162 valence electrons. The molecule has 1 heterocycles. The van der Waals surface area contributed by atoms with E-state index >= 15 is 0 Å². The molecule has 7 nitrogen and oxygen atoms in total. The van der Waals surface area contributed by atoms with Crippen molar-refractivity contribution in [3.8, 4) is 11.4 Å². The minimum atomic E-state index is -0.594. The Bertz CT molecular complexity index is 900. The summed E-state index contributed by atoms with van der Waals surface area (Å²) in [4.78, 5) is 0. The molecule has 0 radical (unpaired) electrons. The van der Waals surface area contributed by atoms with Gasteiger partial charge in [0.15, 0.2) is 0 Å². The monoisotopic (exact) mass is 431 g/mol. The Morgan fingerprint density at radius 3 is 2.43 bits per heavy atom. The molecule has 0 aliphatic carbocycles. The van der Waals surface area contributed by atoms with Crippen LogP contribution in [-0.4, -0.2) is 44.6 Å². The molecule has 0 saturated heterocycles. The Balaban J connectivity index is 0.00000320. The van der Waals surface area contributed by atoms with Gasteiger partial charge in [-0.3, -0.25) is 0 Å². The Morgan fingerprint density at radius 1 is 1.10 bits per heavy atom. The Labute approximate surface area is 183 Å². The van der Waals surface area contributed by atoms with E-state index in [-0.39, 0.29) is 25.1 Å². The number of benzene rings is 2. The van der Waals surface area contributed by atoms with E-state index in [0.717, 1.165) is 17.0 Å². The van der Waals surface area contributed by atoms with Gasteiger partial charge in [0.1, 0.15) is 24.8 Å². The Hall–Kier alpha value is -2.48. The molecule has 3 rings (SSSR count). The van der Waals surface area contributed by atoms with E-state index in [1.165, 1.54) is 11.1 Å². The highest BCUT2D eigenvalue weighted by Crippen LogP contribution is 2.23. The van der Waals surface area contributed by atoms with E-state index in [0.29, 0.717) is 12.5 Å². The van der Waals surface area contributed by atoms with Crippen LogP contribution < -0.4 is 10.1 Å². The zero-order chi connectivity index (χ0) is 20.8. The highest BCUT2D eigenvalue weighted by molar-refractivity contribution is 5.85. The molecule has 0 amide bonds. The van der Waals surface area contributed by atoms with Crippen LogP contribution in [0.15, 0.2) is 48.8 Å². The average Bonchev–Trinajstić information content (AvgIpc) is 3.25. The maximum Gasteiger partial charge on any atom is 0.143 e. The standard InChI is InChI=1S/C22H29N5O2.ClH/c1-15(2)22-10-9-21(11-16(22)3)29-13-20(28)12-23-17(4)18-5-7-19(8-6-18)27-14-24-25-26-27;/h5-11,14-15,17,20,23,28H,12-13H2,1-4H3;1H. The molecule has 0 aliphatic heterocycles. The van der Waals surface area contributed by atoms with E-state index in [1.807, 2.05) is 36.4 Å². The Morgan fingerprint density at radius 2 is 1.83 bits per heavy atom. The van der Waals surface area contributed by atoms with Gasteiger partial charge in [0.2, 0.25) is 0 Å². The summed E-state index contributed by atoms with van der Waals surface area (Å²) in [6, 6.07) is 14.2. The van der Waals surface area contributed by atoms with Crippen molar-refractivity contribution in [2.24, 2.45) is 0 Å². The number of hydrogen-bond donors (Lipinski definition) is 2. The largest absolute Gasteiger partial charge is 0.491 e. The number of halogens is 1. The van der Waals surface area contributed by atoms with Gasteiger partial charge in [0.25, 0.3) is 0 Å². The molecule has 0 fully saturated rings. The smallest absolute Gasteiger partial charge is 0.143 e. The number of aromatic nitrogens is 4. The van der Waals surface area contributed by atoms with E-state index < -0.39 is 6.10 Å². The average molecular weight is 432 g/mol. The maximum atomic E-state index is 10.3. The third kappa shape index (κ3) is 6.26. The van der Waals surface area contributed by atoms with Gasteiger partial charge in [-0.05, 0) is 71.1 Å². The highest BCUT2D eigenvalue weighted by atomic mass is 35.5. The van der Waals surface area contributed by atoms with Crippen LogP contribution in [0.2, 0.25) is 0 Å². The first-order valence-corrected chi connectivity index (χ1v) is 9.92. The normalized spacial score (nSPS) is 13.0. The SMILES string of the molecule is Cc1cc(OCC(O)CNC(C)c2ccc(-n3cnnn3)cc2)ccc1C(C)C.Cl. The van der Waals surface area contributed by atoms with Gasteiger partial charge < -0.3 is 15.2 Å². The first-order chi connectivity index (χ1) is 13.9. The van der Waals surface area contributed by atoms with Crippen molar-refractivity contribution >= 4 is 12.4 Å². The predicted octanol–water partition coefficient (Wildman–Crippen LogP) is 3.61. The number of nitrogens with one attached hydrogen (secondary N) is 1. The fraction of sp³-hybridized carbons (Fsp3) is 0.409. The van der Waals surface area contributed by atoms with Gasteiger partial charge in [-0.25, -0.2) is 4.68 Å². The number of nitrogens with zero attached hydrogens (tertiary/aromatic N) is 4. The molecule has 30 heavy (non-hydrogen) atoms. The summed E-state index contributed by atoms with van der Waals surface area (Å²) in [6.07, 6.45) is 0.966. The van der Waals surface area contributed by atoms with Crippen molar-refractivity contribution in [2.75, 3.05) is 13.2 Å². The summed E-state index contributed by atoms with van der Waals surface area (Å²) in [5.41, 5.74) is 4.55. The highest BCUT2D eigenvalue weighted by Gasteiger charge is 2.11. The lowest BCUT2D eigenvalue weighted by atomic mass is 9.98. The molecule has 2 aromatic carbocycles. The van der Waals surface area contributed by atoms with Crippen LogP contribution in [0.5, 0.6) is 5.75 Å². The van der Waals surface area contributed by atoms with Gasteiger partial charge in [-0.2, -0.15) is 0 Å². The van der Waals surface area contributed by atoms with E-state index in [2.05, 4.69) is 54.6 Å². The summed E-state index contributed by atoms with van der Waals surface area (Å²) in [7, 11) is 0. The van der Waals surface area contributed by atoms with Crippen molar-refractivity contribution < 1.29 is 9.84 Å². The second kappa shape index (κ2) is 11.1. The fourth-order valence-corrected chi connectivity index (χ4v) is 3.26. The molecule has 2 N–H and O–H groups in total. The van der Waals surface area contributed by atoms with Crippen LogP contribution >= 0.6 is 12.4 Å². The third-order valence-electron chi connectivity index (χ3n) is 4.97. The fourth-order valence-electron chi connectivity index (χ4n) is 3.26. The molecular formula is C22H30ClN5O2. The topological polar surface area (TPSA) is 85.1 Å². The Kier molecular flexibility index (Phi) is 8.77. The number of ether oxygens (including phenoxy) is 1. The summed E-state index contributed by atoms with van der Waals surface area (Å²) in [5.74, 6) is 1.28. The quantitative estimate of drug-likeness (QED) is 0.538. The van der Waals surface area contributed by atoms with Crippen molar-refractivity contribution in [1.82, 2.24) is 25.5 Å². The minimum absolute atomic E-state index is 0. The van der Waals surface area contributed by atoms with Crippen LogP contribution in [-0.2, 0) is 0 Å². The molecule has 3 aromatic rings. The number of aliphatic hydroxyl groups excluding tert-OH is 1. The summed E-state index contributed by atoms with van der Waals surface area (Å²) in [6.45, 7) is 9.20. The van der Waals surface area contributed by atoms with Crippen molar-refractivity contribution in [2.45, 2.75) is 45.8 Å². The van der Waals surface area contributed by atoms with Crippen LogP contribution in [0, 0.1) is 6.92 Å². The first-order valence-electron chi connectivity index (χ1n) is 9.92. The number of rotatable bonds is 9. The minimum Gasteiger partial charge on any atom is -0.491 e.